The van der Waals surface area contributed by atoms with Crippen LogP contribution in [0.3, 0.4) is 0 Å². The van der Waals surface area contributed by atoms with Crippen molar-refractivity contribution in [3.05, 3.63) is 47.5 Å². The highest BCUT2D eigenvalue weighted by Gasteiger charge is 2.17. The zero-order valence-electron chi connectivity index (χ0n) is 18.3. The first-order chi connectivity index (χ1) is 15.6. The van der Waals surface area contributed by atoms with Gasteiger partial charge < -0.3 is 18.9 Å². The van der Waals surface area contributed by atoms with Crippen molar-refractivity contribution in [3.8, 4) is 22.6 Å². The predicted molar refractivity (Wildman–Crippen MR) is 132 cm³/mol. The highest BCUT2D eigenvalue weighted by Crippen LogP contribution is 2.38. The maximum atomic E-state index is 12.2. The first-order valence-electron chi connectivity index (χ1n) is 10.5. The van der Waals surface area contributed by atoms with Gasteiger partial charge in [-0.05, 0) is 24.3 Å². The number of carbonyl (C=O) groups excluding carboxylic acids is 2. The number of hydrogen-bond acceptors (Lipinski definition) is 6. The number of ether oxygens (including phenoxy) is 4. The summed E-state index contributed by atoms with van der Waals surface area (Å²) in [4.78, 5) is 24.3. The molecule has 0 amide bonds. The third kappa shape index (κ3) is 7.40. The normalized spacial score (nSPS) is 14.2. The van der Waals surface area contributed by atoms with Gasteiger partial charge in [0.25, 0.3) is 0 Å². The van der Waals surface area contributed by atoms with Crippen LogP contribution in [0.25, 0.3) is 11.1 Å². The van der Waals surface area contributed by atoms with E-state index in [4.69, 9.17) is 18.9 Å². The molecule has 3 rings (SSSR count). The van der Waals surface area contributed by atoms with Gasteiger partial charge in [0, 0.05) is 22.3 Å². The fourth-order valence-electron chi connectivity index (χ4n) is 2.97. The smallest absolute Gasteiger partial charge is 0.173 e. The number of Topliss-reactive ketones (excluding diaryl/α,β-unsaturated/α-hetero) is 2. The first-order valence-corrected chi connectivity index (χ1v) is 12.8. The second-order valence-corrected chi connectivity index (χ2v) is 7.58. The van der Waals surface area contributed by atoms with Gasteiger partial charge >= 0.3 is 0 Å². The van der Waals surface area contributed by atoms with E-state index in [9.17, 15) is 9.59 Å². The number of benzene rings is 2. The Morgan fingerprint density at radius 3 is 1.44 bits per heavy atom. The number of carbonyl (C=O) groups is 2. The number of fused-ring (bicyclic) bond motifs is 3. The summed E-state index contributed by atoms with van der Waals surface area (Å²) in [5.41, 5.74) is 2.64. The summed E-state index contributed by atoms with van der Waals surface area (Å²) < 4.78 is 22.9. The van der Waals surface area contributed by atoms with Crippen LogP contribution in [-0.2, 0) is 9.47 Å². The number of hydrogen-bond donors (Lipinski definition) is 0. The van der Waals surface area contributed by atoms with Gasteiger partial charge in [0.15, 0.2) is 11.6 Å². The SMILES string of the molecule is CC.O=C(CBr)c1ccc2c(c1)OCCOCCOCCOc1cc(C(=O)CBr)ccc1-2. The third-order valence-corrected chi connectivity index (χ3v) is 5.50. The van der Waals surface area contributed by atoms with Crippen LogP contribution in [0.4, 0.5) is 0 Å². The van der Waals surface area contributed by atoms with Crippen molar-refractivity contribution in [3.63, 3.8) is 0 Å². The molecule has 0 unspecified atom stereocenters. The molecule has 0 radical (unpaired) electrons. The van der Waals surface area contributed by atoms with E-state index in [0.29, 0.717) is 62.3 Å². The molecule has 0 saturated heterocycles. The molecule has 174 valence electrons. The van der Waals surface area contributed by atoms with E-state index < -0.39 is 0 Å². The van der Waals surface area contributed by atoms with Crippen LogP contribution in [0, 0.1) is 0 Å². The molecule has 0 saturated carbocycles. The van der Waals surface area contributed by atoms with Crippen LogP contribution in [0.1, 0.15) is 34.6 Å². The molecule has 0 bridgehead atoms. The van der Waals surface area contributed by atoms with Crippen molar-refractivity contribution >= 4 is 43.4 Å². The van der Waals surface area contributed by atoms with Crippen LogP contribution in [-0.4, -0.2) is 61.9 Å². The molecule has 0 N–H and O–H groups in total. The van der Waals surface area contributed by atoms with Crippen molar-refractivity contribution < 1.29 is 28.5 Å². The Morgan fingerprint density at radius 1 is 0.688 bits per heavy atom. The van der Waals surface area contributed by atoms with Gasteiger partial charge in [-0.3, -0.25) is 9.59 Å². The summed E-state index contributed by atoms with van der Waals surface area (Å²) >= 11 is 6.42. The topological polar surface area (TPSA) is 71.1 Å². The standard InChI is InChI=1S/C22H22Br2O6.C2H6/c23-13-19(25)15-1-3-17-18-4-2-16(20(26)14-24)12-22(18)30-10-8-28-6-5-27-7-9-29-21(17)11-15;1-2/h1-4,11-12H,5-10,13-14H2;1-2H3. The molecule has 0 spiro atoms. The summed E-state index contributed by atoms with van der Waals surface area (Å²) in [6.07, 6.45) is 0. The summed E-state index contributed by atoms with van der Waals surface area (Å²) in [7, 11) is 0. The zero-order chi connectivity index (χ0) is 23.3. The van der Waals surface area contributed by atoms with E-state index >= 15 is 0 Å². The fourth-order valence-corrected chi connectivity index (χ4v) is 3.62. The molecule has 0 atom stereocenters. The molecule has 8 heteroatoms. The Hall–Kier alpha value is -1.74. The quantitative estimate of drug-likeness (QED) is 0.364. The molecule has 2 aromatic carbocycles. The molecule has 2 aromatic rings. The van der Waals surface area contributed by atoms with Gasteiger partial charge in [0.2, 0.25) is 0 Å². The molecule has 32 heavy (non-hydrogen) atoms. The molecular formula is C24H28Br2O6. The number of rotatable bonds is 4. The van der Waals surface area contributed by atoms with Crippen molar-refractivity contribution in [1.29, 1.82) is 0 Å². The number of halogens is 2. The lowest BCUT2D eigenvalue weighted by molar-refractivity contribution is 0.0271. The monoisotopic (exact) mass is 570 g/mol. The lowest BCUT2D eigenvalue weighted by atomic mass is 9.98. The van der Waals surface area contributed by atoms with Crippen molar-refractivity contribution in [2.75, 3.05) is 50.3 Å². The van der Waals surface area contributed by atoms with Crippen molar-refractivity contribution in [2.45, 2.75) is 13.8 Å². The van der Waals surface area contributed by atoms with E-state index in [1.54, 1.807) is 24.3 Å². The van der Waals surface area contributed by atoms with Crippen LogP contribution < -0.4 is 9.47 Å². The average molecular weight is 572 g/mol. The second kappa shape index (κ2) is 14.4. The van der Waals surface area contributed by atoms with Gasteiger partial charge in [-0.15, -0.1) is 0 Å². The molecule has 0 aromatic heterocycles. The maximum Gasteiger partial charge on any atom is 0.173 e. The van der Waals surface area contributed by atoms with E-state index in [1.807, 2.05) is 26.0 Å². The highest BCUT2D eigenvalue weighted by molar-refractivity contribution is 9.09. The summed E-state index contributed by atoms with van der Waals surface area (Å²) in [5, 5.41) is 0.458. The van der Waals surface area contributed by atoms with Crippen molar-refractivity contribution in [1.82, 2.24) is 0 Å². The van der Waals surface area contributed by atoms with E-state index in [0.717, 1.165) is 11.1 Å². The first kappa shape index (κ1) is 26.5. The molecule has 0 aliphatic carbocycles. The van der Waals surface area contributed by atoms with E-state index in [2.05, 4.69) is 31.9 Å². The Bertz CT molecular complexity index is 827. The number of ketones is 2. The Balaban J connectivity index is 0.00000176. The summed E-state index contributed by atoms with van der Waals surface area (Å²) in [5.74, 6) is 1.04. The Morgan fingerprint density at radius 2 is 1.06 bits per heavy atom. The zero-order valence-corrected chi connectivity index (χ0v) is 21.5. The Kier molecular flexibility index (Phi) is 11.9. The molecular weight excluding hydrogens is 544 g/mol. The largest absolute Gasteiger partial charge is 0.491 e. The molecule has 0 fully saturated rings. The minimum Gasteiger partial charge on any atom is -0.491 e. The molecule has 1 aliphatic rings. The number of alkyl halides is 2. The Labute approximate surface area is 205 Å². The molecule has 6 nitrogen and oxygen atoms in total. The average Bonchev–Trinajstić information content (AvgIpc) is 2.85. The second-order valence-electron chi connectivity index (χ2n) is 6.46. The minimum atomic E-state index is -0.0380. The van der Waals surface area contributed by atoms with Gasteiger partial charge in [-0.25, -0.2) is 0 Å². The fraction of sp³-hybridized carbons (Fsp3) is 0.417. The maximum absolute atomic E-state index is 12.2. The van der Waals surface area contributed by atoms with Gasteiger partial charge in [-0.1, -0.05) is 57.8 Å². The van der Waals surface area contributed by atoms with E-state index in [1.165, 1.54) is 0 Å². The van der Waals surface area contributed by atoms with Crippen LogP contribution in [0.15, 0.2) is 36.4 Å². The van der Waals surface area contributed by atoms with Crippen LogP contribution in [0.2, 0.25) is 0 Å². The predicted octanol–water partition coefficient (Wildman–Crippen LogP) is 5.34. The van der Waals surface area contributed by atoms with Crippen molar-refractivity contribution in [2.24, 2.45) is 0 Å². The molecule has 1 heterocycles. The van der Waals surface area contributed by atoms with Crippen LogP contribution in [0.5, 0.6) is 11.5 Å². The lowest BCUT2D eigenvalue weighted by Gasteiger charge is -2.18. The summed E-state index contributed by atoms with van der Waals surface area (Å²) in [6, 6.07) is 10.7. The van der Waals surface area contributed by atoms with Gasteiger partial charge in [-0.2, -0.15) is 0 Å². The molecule has 1 aliphatic heterocycles. The third-order valence-electron chi connectivity index (χ3n) is 4.48. The van der Waals surface area contributed by atoms with Gasteiger partial charge in [0.1, 0.15) is 24.7 Å². The highest BCUT2D eigenvalue weighted by atomic mass is 79.9. The lowest BCUT2D eigenvalue weighted by Crippen LogP contribution is -2.15. The van der Waals surface area contributed by atoms with Crippen LogP contribution >= 0.6 is 31.9 Å². The summed E-state index contributed by atoms with van der Waals surface area (Å²) in [6.45, 7) is 6.38. The van der Waals surface area contributed by atoms with Gasteiger partial charge in [0.05, 0.1) is 37.1 Å². The minimum absolute atomic E-state index is 0.0380. The van der Waals surface area contributed by atoms with E-state index in [-0.39, 0.29) is 22.2 Å².